The molecule has 4 saturated heterocycles. The number of ether oxygens (including phenoxy) is 1. The monoisotopic (exact) mass is 306 g/mol. The molecule has 4 rings (SSSR count). The van der Waals surface area contributed by atoms with Gasteiger partial charge in [0, 0.05) is 19.5 Å². The molecular formula is C18H30N2O2. The van der Waals surface area contributed by atoms with Crippen molar-refractivity contribution >= 4 is 5.91 Å². The highest BCUT2D eigenvalue weighted by Gasteiger charge is 2.45. The molecule has 0 aromatic heterocycles. The summed E-state index contributed by atoms with van der Waals surface area (Å²) < 4.78 is 6.11. The van der Waals surface area contributed by atoms with Crippen LogP contribution in [-0.2, 0) is 9.53 Å². The zero-order valence-electron chi connectivity index (χ0n) is 13.8. The number of piperidine rings is 1. The van der Waals surface area contributed by atoms with Gasteiger partial charge in [0.1, 0.15) is 0 Å². The Morgan fingerprint density at radius 2 is 2.00 bits per heavy atom. The van der Waals surface area contributed by atoms with Gasteiger partial charge in [-0.15, -0.1) is 0 Å². The fourth-order valence-electron chi connectivity index (χ4n) is 5.21. The molecular weight excluding hydrogens is 276 g/mol. The van der Waals surface area contributed by atoms with Crippen molar-refractivity contribution in [1.29, 1.82) is 0 Å². The van der Waals surface area contributed by atoms with Crippen LogP contribution in [0, 0.1) is 23.7 Å². The van der Waals surface area contributed by atoms with Crippen LogP contribution in [0.1, 0.15) is 45.4 Å². The van der Waals surface area contributed by atoms with Crippen molar-refractivity contribution in [2.75, 3.05) is 26.2 Å². The first-order chi connectivity index (χ1) is 10.7. The fraction of sp³-hybridized carbons (Fsp3) is 0.944. The maximum atomic E-state index is 11.3. The van der Waals surface area contributed by atoms with Gasteiger partial charge in [-0.3, -0.25) is 4.79 Å². The van der Waals surface area contributed by atoms with Crippen LogP contribution in [0.15, 0.2) is 0 Å². The third-order valence-corrected chi connectivity index (χ3v) is 6.57. The minimum absolute atomic E-state index is 0.241. The van der Waals surface area contributed by atoms with Crippen LogP contribution < -0.4 is 5.32 Å². The van der Waals surface area contributed by atoms with Crippen molar-refractivity contribution in [2.45, 2.75) is 57.7 Å². The molecule has 4 heteroatoms. The largest absolute Gasteiger partial charge is 0.374 e. The van der Waals surface area contributed by atoms with E-state index in [9.17, 15) is 4.79 Å². The van der Waals surface area contributed by atoms with E-state index in [1.807, 2.05) is 0 Å². The van der Waals surface area contributed by atoms with Gasteiger partial charge in [-0.05, 0) is 68.9 Å². The van der Waals surface area contributed by atoms with E-state index in [1.165, 1.54) is 45.2 Å². The maximum absolute atomic E-state index is 11.3. The van der Waals surface area contributed by atoms with E-state index in [1.54, 1.807) is 0 Å². The summed E-state index contributed by atoms with van der Waals surface area (Å²) in [7, 11) is 0. The van der Waals surface area contributed by atoms with Crippen molar-refractivity contribution in [1.82, 2.24) is 10.2 Å². The van der Waals surface area contributed by atoms with Gasteiger partial charge < -0.3 is 15.0 Å². The summed E-state index contributed by atoms with van der Waals surface area (Å²) in [6.45, 7) is 6.81. The lowest BCUT2D eigenvalue weighted by Gasteiger charge is -2.35. The lowest BCUT2D eigenvalue weighted by molar-refractivity contribution is -0.119. The molecule has 0 spiro atoms. The van der Waals surface area contributed by atoms with Gasteiger partial charge in [-0.2, -0.15) is 0 Å². The topological polar surface area (TPSA) is 41.6 Å². The van der Waals surface area contributed by atoms with E-state index >= 15 is 0 Å². The second-order valence-corrected chi connectivity index (χ2v) is 8.28. The summed E-state index contributed by atoms with van der Waals surface area (Å²) in [5.74, 6) is 3.33. The second-order valence-electron chi connectivity index (χ2n) is 8.28. The molecule has 0 saturated carbocycles. The third kappa shape index (κ3) is 3.05. The Bertz CT molecular complexity index is 417. The van der Waals surface area contributed by atoms with Crippen molar-refractivity contribution in [3.05, 3.63) is 0 Å². The molecule has 0 aromatic rings. The van der Waals surface area contributed by atoms with Gasteiger partial charge in [-0.1, -0.05) is 6.92 Å². The first-order valence-electron chi connectivity index (χ1n) is 9.32. The highest BCUT2D eigenvalue weighted by atomic mass is 16.5. The molecule has 4 aliphatic heterocycles. The quantitative estimate of drug-likeness (QED) is 0.864. The molecule has 4 fully saturated rings. The van der Waals surface area contributed by atoms with Gasteiger partial charge >= 0.3 is 0 Å². The first-order valence-corrected chi connectivity index (χ1v) is 9.32. The third-order valence-electron chi connectivity index (χ3n) is 6.57. The Kier molecular flexibility index (Phi) is 4.16. The molecule has 0 radical (unpaired) electrons. The standard InChI is InChI=1S/C18H30N2O2/c1-12-6-17-15(9-16(12)22-17)7-13-2-4-20(5-3-13)11-14-8-18(21)19-10-14/h12-17H,2-11H2,1H3,(H,19,21). The van der Waals surface area contributed by atoms with Crippen molar-refractivity contribution < 1.29 is 9.53 Å². The number of nitrogens with zero attached hydrogens (tertiary/aromatic N) is 1. The summed E-state index contributed by atoms with van der Waals surface area (Å²) in [6, 6.07) is 0. The average molecular weight is 306 g/mol. The first kappa shape index (κ1) is 14.9. The zero-order valence-corrected chi connectivity index (χ0v) is 13.8. The van der Waals surface area contributed by atoms with E-state index in [0.717, 1.165) is 37.3 Å². The minimum atomic E-state index is 0.241. The molecule has 22 heavy (non-hydrogen) atoms. The summed E-state index contributed by atoms with van der Waals surface area (Å²) in [5, 5.41) is 2.96. The lowest BCUT2D eigenvalue weighted by Crippen LogP contribution is -2.38. The van der Waals surface area contributed by atoms with Crippen LogP contribution in [0.2, 0.25) is 0 Å². The van der Waals surface area contributed by atoms with Crippen molar-refractivity contribution in [3.63, 3.8) is 0 Å². The summed E-state index contributed by atoms with van der Waals surface area (Å²) in [6.07, 6.45) is 8.59. The van der Waals surface area contributed by atoms with E-state index in [0.29, 0.717) is 18.1 Å². The normalized spacial score (nSPS) is 43.0. The fourth-order valence-corrected chi connectivity index (χ4v) is 5.21. The summed E-state index contributed by atoms with van der Waals surface area (Å²) in [4.78, 5) is 13.9. The van der Waals surface area contributed by atoms with Crippen LogP contribution in [0.4, 0.5) is 0 Å². The molecule has 4 aliphatic rings. The number of carbonyl (C=O) groups excluding carboxylic acids is 1. The van der Waals surface area contributed by atoms with Gasteiger partial charge in [0.2, 0.25) is 5.91 Å². The van der Waals surface area contributed by atoms with E-state index in [2.05, 4.69) is 17.1 Å². The minimum Gasteiger partial charge on any atom is -0.374 e. The highest BCUT2D eigenvalue weighted by Crippen LogP contribution is 2.45. The molecule has 1 N–H and O–H groups in total. The molecule has 4 heterocycles. The van der Waals surface area contributed by atoms with Crippen LogP contribution >= 0.6 is 0 Å². The predicted molar refractivity (Wildman–Crippen MR) is 85.4 cm³/mol. The van der Waals surface area contributed by atoms with E-state index < -0.39 is 0 Å². The van der Waals surface area contributed by atoms with Gasteiger partial charge in [0.05, 0.1) is 12.2 Å². The Morgan fingerprint density at radius 1 is 1.18 bits per heavy atom. The van der Waals surface area contributed by atoms with Gasteiger partial charge in [-0.25, -0.2) is 0 Å². The summed E-state index contributed by atoms with van der Waals surface area (Å²) >= 11 is 0. The molecule has 124 valence electrons. The zero-order chi connectivity index (χ0) is 15.1. The molecule has 2 bridgehead atoms. The number of nitrogens with one attached hydrogen (secondary N) is 1. The van der Waals surface area contributed by atoms with Crippen LogP contribution in [-0.4, -0.2) is 49.2 Å². The Labute approximate surface area is 134 Å². The number of rotatable bonds is 4. The molecule has 0 aliphatic carbocycles. The van der Waals surface area contributed by atoms with Crippen molar-refractivity contribution in [3.8, 4) is 0 Å². The molecule has 4 nitrogen and oxygen atoms in total. The maximum Gasteiger partial charge on any atom is 0.220 e. The van der Waals surface area contributed by atoms with Gasteiger partial charge in [0.15, 0.2) is 0 Å². The molecule has 5 unspecified atom stereocenters. The molecule has 0 aromatic carbocycles. The Hall–Kier alpha value is -0.610. The van der Waals surface area contributed by atoms with E-state index in [-0.39, 0.29) is 5.91 Å². The molecule has 1 amide bonds. The Morgan fingerprint density at radius 3 is 2.59 bits per heavy atom. The number of hydrogen-bond acceptors (Lipinski definition) is 3. The molecule has 5 atom stereocenters. The second kappa shape index (κ2) is 6.12. The SMILES string of the molecule is CC1CC2OC1CC2CC1CCN(CC2CNC(=O)C2)CC1. The van der Waals surface area contributed by atoms with Crippen molar-refractivity contribution in [2.24, 2.45) is 23.7 Å². The Balaban J connectivity index is 1.19. The smallest absolute Gasteiger partial charge is 0.220 e. The number of carbonyl (C=O) groups is 1. The number of likely N-dealkylation sites (tertiary alicyclic amines) is 1. The van der Waals surface area contributed by atoms with Crippen LogP contribution in [0.25, 0.3) is 0 Å². The van der Waals surface area contributed by atoms with Crippen LogP contribution in [0.5, 0.6) is 0 Å². The highest BCUT2D eigenvalue weighted by molar-refractivity contribution is 5.78. The van der Waals surface area contributed by atoms with Gasteiger partial charge in [0.25, 0.3) is 0 Å². The van der Waals surface area contributed by atoms with E-state index in [4.69, 9.17) is 4.74 Å². The number of amides is 1. The average Bonchev–Trinajstić information content (AvgIpc) is 3.17. The predicted octanol–water partition coefficient (Wildman–Crippen LogP) is 2.04. The summed E-state index contributed by atoms with van der Waals surface area (Å²) in [5.41, 5.74) is 0. The number of hydrogen-bond donors (Lipinski definition) is 1. The number of fused-ring (bicyclic) bond motifs is 2. The lowest BCUT2D eigenvalue weighted by atomic mass is 9.77. The van der Waals surface area contributed by atoms with Crippen LogP contribution in [0.3, 0.4) is 0 Å².